The van der Waals surface area contributed by atoms with E-state index in [1.807, 2.05) is 0 Å². The monoisotopic (exact) mass is 515 g/mol. The summed E-state index contributed by atoms with van der Waals surface area (Å²) in [6, 6.07) is -1.67. The number of nitrogens with zero attached hydrogens (tertiary/aromatic N) is 6. The summed E-state index contributed by atoms with van der Waals surface area (Å²) in [7, 11) is 1.68. The number of urea groups is 1. The number of piperidine rings is 1. The van der Waals surface area contributed by atoms with Crippen LogP contribution in [0.3, 0.4) is 0 Å². The van der Waals surface area contributed by atoms with Gasteiger partial charge >= 0.3 is 41.6 Å². The minimum atomic E-state index is -1.42. The molecule has 4 rings (SSSR count). The molecule has 13 nitrogen and oxygen atoms in total. The maximum atomic E-state index is 12.9. The maximum Gasteiger partial charge on any atom is 1.00 e. The molecule has 4 heterocycles. The van der Waals surface area contributed by atoms with E-state index in [9.17, 15) is 24.3 Å². The van der Waals surface area contributed by atoms with E-state index in [1.165, 1.54) is 26.2 Å². The zero-order chi connectivity index (χ0) is 24.8. The molecule has 15 heteroatoms. The normalized spacial score (nSPS) is 22.9. The number of carboxylic acid groups (broad SMARTS) is 1. The second-order valence-corrected chi connectivity index (χ2v) is 10.3. The summed E-state index contributed by atoms with van der Waals surface area (Å²) in [5.74, 6) is -2.21. The van der Waals surface area contributed by atoms with Gasteiger partial charge in [-0.2, -0.15) is 0 Å². The Labute approximate surface area is 228 Å². The number of carboxylic acids is 1. The molecular formula is C20H26N7NaO6S. The number of likely N-dealkylation sites (tertiary alicyclic amines) is 1. The van der Waals surface area contributed by atoms with Crippen molar-refractivity contribution in [3.8, 4) is 0 Å². The van der Waals surface area contributed by atoms with Gasteiger partial charge in [0, 0.05) is 31.8 Å². The number of esters is 1. The number of carbonyl (C=O) groups is 4. The Morgan fingerprint density at radius 2 is 2.00 bits per heavy atom. The zero-order valence-corrected chi connectivity index (χ0v) is 23.1. The van der Waals surface area contributed by atoms with Crippen LogP contribution in [0.15, 0.2) is 16.4 Å². The van der Waals surface area contributed by atoms with E-state index in [-0.39, 0.29) is 66.4 Å². The van der Waals surface area contributed by atoms with Gasteiger partial charge in [0.2, 0.25) is 5.16 Å². The third-order valence-corrected chi connectivity index (χ3v) is 7.01. The van der Waals surface area contributed by atoms with Crippen LogP contribution in [0.1, 0.15) is 33.6 Å². The molecule has 1 aromatic heterocycles. The molecule has 3 amide bonds. The summed E-state index contributed by atoms with van der Waals surface area (Å²) < 4.78 is 6.70. The number of ether oxygens (including phenoxy) is 1. The Kier molecular flexibility index (Phi) is 8.19. The average Bonchev–Trinajstić information content (AvgIpc) is 3.29. The smallest absolute Gasteiger partial charge is 0.543 e. The number of hydrogen-bond donors (Lipinski definition) is 1. The number of thioether (sulfide) groups is 1. The van der Waals surface area contributed by atoms with Crippen LogP contribution in [0.5, 0.6) is 0 Å². The molecule has 3 aliphatic rings. The summed E-state index contributed by atoms with van der Waals surface area (Å²) in [5, 5.41) is 26.3. The summed E-state index contributed by atoms with van der Waals surface area (Å²) in [4.78, 5) is 52.1. The summed E-state index contributed by atoms with van der Waals surface area (Å²) >= 11 is 1.28. The molecular weight excluding hydrogens is 489 g/mol. The molecule has 1 unspecified atom stereocenters. The second-order valence-electron chi connectivity index (χ2n) is 9.34. The van der Waals surface area contributed by atoms with Crippen molar-refractivity contribution >= 4 is 35.6 Å². The first-order valence-electron chi connectivity index (χ1n) is 10.9. The minimum absolute atomic E-state index is 0. The molecule has 0 saturated carbocycles. The van der Waals surface area contributed by atoms with Gasteiger partial charge in [0.15, 0.2) is 0 Å². The van der Waals surface area contributed by atoms with Gasteiger partial charge in [-0.3, -0.25) is 9.59 Å². The Morgan fingerprint density at radius 1 is 1.29 bits per heavy atom. The van der Waals surface area contributed by atoms with E-state index >= 15 is 0 Å². The fraction of sp³-hybridized carbons (Fsp3) is 0.650. The number of amides is 3. The van der Waals surface area contributed by atoms with Crippen LogP contribution in [0.25, 0.3) is 0 Å². The van der Waals surface area contributed by atoms with Crippen molar-refractivity contribution in [1.29, 1.82) is 0 Å². The molecule has 184 valence electrons. The first kappa shape index (κ1) is 27.4. The Bertz CT molecular complexity index is 1070. The van der Waals surface area contributed by atoms with Gasteiger partial charge in [-0.05, 0) is 43.2 Å². The third kappa shape index (κ3) is 5.34. The number of aryl methyl sites for hydroxylation is 1. The van der Waals surface area contributed by atoms with Crippen LogP contribution < -0.4 is 40.0 Å². The first-order valence-corrected chi connectivity index (χ1v) is 11.9. The van der Waals surface area contributed by atoms with Crippen LogP contribution >= 0.6 is 11.8 Å². The maximum absolute atomic E-state index is 12.9. The Balaban J connectivity index is 0.00000342. The Hall–Kier alpha value is -2.16. The van der Waals surface area contributed by atoms with E-state index in [4.69, 9.17) is 4.74 Å². The largest absolute Gasteiger partial charge is 1.00 e. The molecule has 2 saturated heterocycles. The average molecular weight is 516 g/mol. The van der Waals surface area contributed by atoms with E-state index in [0.717, 1.165) is 0 Å². The molecule has 0 radical (unpaired) electrons. The van der Waals surface area contributed by atoms with Crippen molar-refractivity contribution in [2.24, 2.45) is 13.0 Å². The molecule has 3 aliphatic heterocycles. The van der Waals surface area contributed by atoms with Crippen LogP contribution in [0, 0.1) is 5.92 Å². The van der Waals surface area contributed by atoms with E-state index < -0.39 is 41.6 Å². The van der Waals surface area contributed by atoms with E-state index in [0.29, 0.717) is 17.2 Å². The van der Waals surface area contributed by atoms with Crippen LogP contribution in [0.4, 0.5) is 4.79 Å². The van der Waals surface area contributed by atoms with Gasteiger partial charge in [-0.15, -0.1) is 5.10 Å². The zero-order valence-electron chi connectivity index (χ0n) is 20.3. The number of aromatic nitrogens is 4. The Morgan fingerprint density at radius 3 is 2.60 bits per heavy atom. The fourth-order valence-corrected chi connectivity index (χ4v) is 5.61. The second kappa shape index (κ2) is 10.4. The number of aliphatic carboxylic acids is 1. The van der Waals surface area contributed by atoms with Crippen molar-refractivity contribution in [1.82, 2.24) is 35.3 Å². The van der Waals surface area contributed by atoms with Crippen LogP contribution in [0.2, 0.25) is 0 Å². The quantitative estimate of drug-likeness (QED) is 0.163. The van der Waals surface area contributed by atoms with E-state index in [1.54, 1.807) is 27.8 Å². The summed E-state index contributed by atoms with van der Waals surface area (Å²) in [5.41, 5.74) is -0.138. The predicted octanol–water partition coefficient (Wildman–Crippen LogP) is -4.33. The number of β-lactam (4-membered cyclic amide) rings is 1. The van der Waals surface area contributed by atoms with Crippen molar-refractivity contribution in [2.45, 2.75) is 56.5 Å². The first-order chi connectivity index (χ1) is 16.0. The van der Waals surface area contributed by atoms with Crippen LogP contribution in [-0.2, 0) is 26.2 Å². The third-order valence-electron chi connectivity index (χ3n) is 5.95. The van der Waals surface area contributed by atoms with Gasteiger partial charge in [-0.25, -0.2) is 9.48 Å². The van der Waals surface area contributed by atoms with Crippen molar-refractivity contribution < 1.29 is 58.6 Å². The molecule has 1 N–H and O–H groups in total. The summed E-state index contributed by atoms with van der Waals surface area (Å²) in [6.45, 7) is 5.63. The molecule has 3 atom stereocenters. The number of rotatable bonds is 7. The van der Waals surface area contributed by atoms with E-state index in [2.05, 4.69) is 20.8 Å². The molecule has 35 heavy (non-hydrogen) atoms. The van der Waals surface area contributed by atoms with Gasteiger partial charge in [0.25, 0.3) is 5.91 Å². The minimum Gasteiger partial charge on any atom is -0.543 e. The number of tetrazole rings is 1. The van der Waals surface area contributed by atoms with Gasteiger partial charge in [-0.1, -0.05) is 11.8 Å². The molecule has 0 aliphatic carbocycles. The number of carbonyl (C=O) groups excluding carboxylic acids is 4. The topological polar surface area (TPSA) is 163 Å². The van der Waals surface area contributed by atoms with Crippen molar-refractivity contribution in [3.63, 3.8) is 0 Å². The molecule has 0 aromatic carbocycles. The summed E-state index contributed by atoms with van der Waals surface area (Å²) in [6.07, 6.45) is 0.497. The number of hydrogen-bond acceptors (Lipinski definition) is 10. The van der Waals surface area contributed by atoms with Crippen molar-refractivity contribution in [3.05, 3.63) is 11.3 Å². The molecule has 0 bridgehead atoms. The molecule has 2 fully saturated rings. The van der Waals surface area contributed by atoms with Crippen molar-refractivity contribution in [2.75, 3.05) is 18.8 Å². The predicted molar refractivity (Wildman–Crippen MR) is 115 cm³/mol. The van der Waals surface area contributed by atoms with Crippen LogP contribution in [-0.4, -0.2) is 90.4 Å². The standard InChI is InChI=1S/C20H27N7O6S.Na/c1-20(2,3)33-12(28)5-7-21-18(32)26-8-6-10-11(9-34-19-22-23-24-25(19)4)14(17(30)31)27-13(10)15(26)16(27)29;/h10,13,15H,5-9H2,1-4H3,(H,21,32)(H,30,31);/q;+1/p-1/t10?,13-,15+;/m1./s1. The molecule has 1 aromatic rings. The fourth-order valence-electron chi connectivity index (χ4n) is 4.65. The SMILES string of the molecule is Cn1nnnc1SCC1=C(C(=O)[O-])N2C(=O)[C@@H]3[C@H]2C1CCN3C(=O)NCCC(=O)OC(C)(C)C.[Na+]. The van der Waals surface area contributed by atoms with Gasteiger partial charge in [0.05, 0.1) is 24.1 Å². The van der Waals surface area contributed by atoms with Gasteiger partial charge < -0.3 is 29.8 Å². The molecule has 0 spiro atoms. The number of nitrogens with one attached hydrogen (secondary N) is 1. The van der Waals surface area contributed by atoms with Gasteiger partial charge in [0.1, 0.15) is 11.6 Å².